The summed E-state index contributed by atoms with van der Waals surface area (Å²) in [5.74, 6) is 1.24. The van der Waals surface area contributed by atoms with Crippen LogP contribution < -0.4 is 4.74 Å². The smallest absolute Gasteiger partial charge is 0.169 e. The van der Waals surface area contributed by atoms with Crippen LogP contribution in [0.25, 0.3) is 10.9 Å². The number of aromatic hydroxyl groups is 1. The van der Waals surface area contributed by atoms with Crippen molar-refractivity contribution in [2.75, 3.05) is 0 Å². The van der Waals surface area contributed by atoms with Crippen molar-refractivity contribution in [3.8, 4) is 17.2 Å². The van der Waals surface area contributed by atoms with E-state index in [2.05, 4.69) is 4.98 Å². The lowest BCUT2D eigenvalue weighted by molar-refractivity contribution is 0.413. The standard InChI is InChI=1S/C15H11NO2/c17-13-7-1-2-8-15(13)18-14-9-3-6-12-11(14)5-4-10-16-12/h1-10,17H. The number of para-hydroxylation sites is 2. The van der Waals surface area contributed by atoms with Crippen LogP contribution in [-0.2, 0) is 0 Å². The zero-order valence-corrected chi connectivity index (χ0v) is 9.58. The highest BCUT2D eigenvalue weighted by Crippen LogP contribution is 2.33. The topological polar surface area (TPSA) is 42.4 Å². The zero-order valence-electron chi connectivity index (χ0n) is 9.58. The van der Waals surface area contributed by atoms with Gasteiger partial charge in [0, 0.05) is 11.6 Å². The molecule has 0 saturated heterocycles. The van der Waals surface area contributed by atoms with Gasteiger partial charge < -0.3 is 9.84 Å². The first-order valence-electron chi connectivity index (χ1n) is 5.64. The van der Waals surface area contributed by atoms with E-state index in [0.29, 0.717) is 11.5 Å². The molecule has 2 aromatic carbocycles. The summed E-state index contributed by atoms with van der Waals surface area (Å²) < 4.78 is 5.73. The first-order chi connectivity index (χ1) is 8.84. The van der Waals surface area contributed by atoms with Crippen LogP contribution in [0.4, 0.5) is 0 Å². The molecule has 0 spiro atoms. The monoisotopic (exact) mass is 237 g/mol. The fourth-order valence-corrected chi connectivity index (χ4v) is 1.83. The van der Waals surface area contributed by atoms with E-state index < -0.39 is 0 Å². The largest absolute Gasteiger partial charge is 0.504 e. The minimum atomic E-state index is 0.124. The summed E-state index contributed by atoms with van der Waals surface area (Å²) in [4.78, 5) is 4.26. The van der Waals surface area contributed by atoms with Crippen LogP contribution in [0.2, 0.25) is 0 Å². The predicted molar refractivity (Wildman–Crippen MR) is 69.9 cm³/mol. The van der Waals surface area contributed by atoms with Crippen molar-refractivity contribution in [1.29, 1.82) is 0 Å². The van der Waals surface area contributed by atoms with E-state index >= 15 is 0 Å². The minimum Gasteiger partial charge on any atom is -0.504 e. The van der Waals surface area contributed by atoms with Gasteiger partial charge in [0.05, 0.1) is 5.52 Å². The van der Waals surface area contributed by atoms with E-state index in [1.807, 2.05) is 36.4 Å². The molecule has 0 amide bonds. The number of benzene rings is 2. The lowest BCUT2D eigenvalue weighted by Crippen LogP contribution is -1.87. The van der Waals surface area contributed by atoms with Crippen LogP contribution in [-0.4, -0.2) is 10.1 Å². The van der Waals surface area contributed by atoms with Crippen LogP contribution in [0, 0.1) is 0 Å². The van der Waals surface area contributed by atoms with Crippen molar-refractivity contribution in [2.45, 2.75) is 0 Å². The molecule has 0 radical (unpaired) electrons. The maximum absolute atomic E-state index is 9.70. The summed E-state index contributed by atoms with van der Waals surface area (Å²) in [6.45, 7) is 0. The number of phenols is 1. The number of aromatic nitrogens is 1. The molecule has 0 aliphatic heterocycles. The third-order valence-electron chi connectivity index (χ3n) is 2.69. The Labute approximate surface area is 104 Å². The molecule has 0 atom stereocenters. The molecule has 0 unspecified atom stereocenters. The first kappa shape index (κ1) is 10.6. The average Bonchev–Trinajstić information content (AvgIpc) is 2.42. The van der Waals surface area contributed by atoms with Gasteiger partial charge in [0.1, 0.15) is 5.75 Å². The highest BCUT2D eigenvalue weighted by atomic mass is 16.5. The lowest BCUT2D eigenvalue weighted by Gasteiger charge is -2.09. The maximum Gasteiger partial charge on any atom is 0.169 e. The molecule has 18 heavy (non-hydrogen) atoms. The molecule has 3 heteroatoms. The Morgan fingerprint density at radius 2 is 1.67 bits per heavy atom. The number of hydrogen-bond donors (Lipinski definition) is 1. The maximum atomic E-state index is 9.70. The van der Waals surface area contributed by atoms with Crippen LogP contribution in [0.1, 0.15) is 0 Å². The molecule has 0 bridgehead atoms. The molecule has 1 heterocycles. The van der Waals surface area contributed by atoms with Gasteiger partial charge in [0.15, 0.2) is 11.5 Å². The summed E-state index contributed by atoms with van der Waals surface area (Å²) in [5, 5.41) is 10.6. The number of hydrogen-bond acceptors (Lipinski definition) is 3. The highest BCUT2D eigenvalue weighted by Gasteiger charge is 2.06. The van der Waals surface area contributed by atoms with Gasteiger partial charge in [-0.25, -0.2) is 0 Å². The van der Waals surface area contributed by atoms with Gasteiger partial charge in [0.2, 0.25) is 0 Å². The minimum absolute atomic E-state index is 0.124. The van der Waals surface area contributed by atoms with Crippen LogP contribution in [0.3, 0.4) is 0 Å². The van der Waals surface area contributed by atoms with Gasteiger partial charge in [-0.05, 0) is 36.4 Å². The second-order valence-electron chi connectivity index (χ2n) is 3.90. The summed E-state index contributed by atoms with van der Waals surface area (Å²) >= 11 is 0. The van der Waals surface area contributed by atoms with E-state index in [4.69, 9.17) is 4.74 Å². The Morgan fingerprint density at radius 3 is 2.56 bits per heavy atom. The highest BCUT2D eigenvalue weighted by molar-refractivity contribution is 5.85. The molecular formula is C15H11NO2. The van der Waals surface area contributed by atoms with Crippen LogP contribution in [0.15, 0.2) is 60.8 Å². The Hall–Kier alpha value is -2.55. The third kappa shape index (κ3) is 1.86. The second kappa shape index (κ2) is 4.37. The van der Waals surface area contributed by atoms with Crippen LogP contribution >= 0.6 is 0 Å². The Morgan fingerprint density at radius 1 is 0.833 bits per heavy atom. The number of fused-ring (bicyclic) bond motifs is 1. The van der Waals surface area contributed by atoms with Gasteiger partial charge in [0.25, 0.3) is 0 Å². The molecule has 3 rings (SSSR count). The second-order valence-corrected chi connectivity index (χ2v) is 3.90. The molecule has 0 aliphatic carbocycles. The number of pyridine rings is 1. The van der Waals surface area contributed by atoms with Crippen molar-refractivity contribution >= 4 is 10.9 Å². The molecule has 0 fully saturated rings. The van der Waals surface area contributed by atoms with Crippen molar-refractivity contribution in [1.82, 2.24) is 4.98 Å². The SMILES string of the molecule is Oc1ccccc1Oc1cccc2ncccc12. The van der Waals surface area contributed by atoms with Crippen LogP contribution in [0.5, 0.6) is 17.2 Å². The molecule has 0 saturated carbocycles. The summed E-state index contributed by atoms with van der Waals surface area (Å²) in [6, 6.07) is 16.4. The molecule has 1 N–H and O–H groups in total. The molecule has 88 valence electrons. The summed E-state index contributed by atoms with van der Waals surface area (Å²) in [7, 11) is 0. The number of rotatable bonds is 2. The van der Waals surface area contributed by atoms with Gasteiger partial charge in [-0.15, -0.1) is 0 Å². The van der Waals surface area contributed by atoms with E-state index in [9.17, 15) is 5.11 Å². The number of nitrogens with zero attached hydrogens (tertiary/aromatic N) is 1. The summed E-state index contributed by atoms with van der Waals surface area (Å²) in [5.41, 5.74) is 0.866. The van der Waals surface area contributed by atoms with E-state index in [1.54, 1.807) is 24.4 Å². The van der Waals surface area contributed by atoms with Crippen molar-refractivity contribution < 1.29 is 9.84 Å². The van der Waals surface area contributed by atoms with Gasteiger partial charge in [-0.1, -0.05) is 18.2 Å². The molecule has 3 nitrogen and oxygen atoms in total. The normalized spacial score (nSPS) is 10.4. The lowest BCUT2D eigenvalue weighted by atomic mass is 10.2. The Balaban J connectivity index is 2.08. The van der Waals surface area contributed by atoms with E-state index in [1.165, 1.54) is 0 Å². The number of ether oxygens (including phenoxy) is 1. The van der Waals surface area contributed by atoms with Crippen molar-refractivity contribution in [2.24, 2.45) is 0 Å². The molecular weight excluding hydrogens is 226 g/mol. The van der Waals surface area contributed by atoms with Crippen molar-refractivity contribution in [3.63, 3.8) is 0 Å². The fraction of sp³-hybridized carbons (Fsp3) is 0. The third-order valence-corrected chi connectivity index (χ3v) is 2.69. The Bertz CT molecular complexity index is 689. The molecule has 3 aromatic rings. The predicted octanol–water partition coefficient (Wildman–Crippen LogP) is 3.73. The quantitative estimate of drug-likeness (QED) is 0.738. The fourth-order valence-electron chi connectivity index (χ4n) is 1.83. The summed E-state index contributed by atoms with van der Waals surface area (Å²) in [6.07, 6.45) is 1.74. The Kier molecular flexibility index (Phi) is 2.57. The molecule has 0 aliphatic rings. The number of phenolic OH excluding ortho intramolecular Hbond substituents is 1. The van der Waals surface area contributed by atoms with Gasteiger partial charge >= 0.3 is 0 Å². The zero-order chi connectivity index (χ0) is 12.4. The molecule has 1 aromatic heterocycles. The van der Waals surface area contributed by atoms with E-state index in [-0.39, 0.29) is 5.75 Å². The van der Waals surface area contributed by atoms with Gasteiger partial charge in [-0.3, -0.25) is 4.98 Å². The van der Waals surface area contributed by atoms with Crippen molar-refractivity contribution in [3.05, 3.63) is 60.8 Å². The average molecular weight is 237 g/mol. The first-order valence-corrected chi connectivity index (χ1v) is 5.64. The van der Waals surface area contributed by atoms with Gasteiger partial charge in [-0.2, -0.15) is 0 Å². The van der Waals surface area contributed by atoms with E-state index in [0.717, 1.165) is 10.9 Å².